The lowest BCUT2D eigenvalue weighted by atomic mass is 10.3. The third-order valence-corrected chi connectivity index (χ3v) is 4.32. The summed E-state index contributed by atoms with van der Waals surface area (Å²) in [5.74, 6) is 0.0467. The van der Waals surface area contributed by atoms with Gasteiger partial charge in [0.15, 0.2) is 0 Å². The molecule has 1 aromatic carbocycles. The van der Waals surface area contributed by atoms with E-state index in [1.54, 1.807) is 0 Å². The van der Waals surface area contributed by atoms with Crippen LogP contribution in [0.25, 0.3) is 0 Å². The Balaban J connectivity index is 2.49. The highest BCUT2D eigenvalue weighted by atomic mass is 35.5. The molecular formula is C9H9Cl2N5O2S. The first-order valence-electron chi connectivity index (χ1n) is 4.92. The van der Waals surface area contributed by atoms with Gasteiger partial charge in [-0.3, -0.25) is 0 Å². The number of nitrogens with two attached hydrogens (primary N) is 1. The number of nitrogens with one attached hydrogen (secondary N) is 1. The summed E-state index contributed by atoms with van der Waals surface area (Å²) in [6.45, 7) is 0. The van der Waals surface area contributed by atoms with Crippen LogP contribution in [0.1, 0.15) is 0 Å². The molecule has 0 saturated carbocycles. The van der Waals surface area contributed by atoms with Crippen LogP contribution in [-0.2, 0) is 17.1 Å². The smallest absolute Gasteiger partial charge is 0.267 e. The second-order valence-corrected chi connectivity index (χ2v) is 6.08. The van der Waals surface area contributed by atoms with E-state index >= 15 is 0 Å². The van der Waals surface area contributed by atoms with E-state index in [2.05, 4.69) is 14.8 Å². The van der Waals surface area contributed by atoms with E-state index in [0.29, 0.717) is 0 Å². The molecule has 19 heavy (non-hydrogen) atoms. The molecular weight excluding hydrogens is 313 g/mol. The Labute approximate surface area is 119 Å². The summed E-state index contributed by atoms with van der Waals surface area (Å²) in [7, 11) is -2.43. The van der Waals surface area contributed by atoms with E-state index < -0.39 is 10.0 Å². The third kappa shape index (κ3) is 2.75. The summed E-state index contributed by atoms with van der Waals surface area (Å²) >= 11 is 11.6. The standard InChI is InChI=1S/C9H9Cl2N5O2S/c1-16-9(13-4-14-16)15-19(17,18)8-6(11)2-5(10)3-7(8)12/h2-4H,12H2,1H3,(H,13,14,15). The van der Waals surface area contributed by atoms with Crippen molar-refractivity contribution in [3.05, 3.63) is 28.5 Å². The summed E-state index contributed by atoms with van der Waals surface area (Å²) in [4.78, 5) is 3.51. The van der Waals surface area contributed by atoms with E-state index in [1.165, 1.54) is 30.2 Å². The number of sulfonamides is 1. The summed E-state index contributed by atoms with van der Waals surface area (Å²) in [6.07, 6.45) is 1.21. The number of aryl methyl sites for hydroxylation is 1. The molecule has 0 bridgehead atoms. The van der Waals surface area contributed by atoms with Crippen molar-refractivity contribution in [1.82, 2.24) is 14.8 Å². The van der Waals surface area contributed by atoms with Crippen LogP contribution in [0.15, 0.2) is 23.4 Å². The molecule has 1 heterocycles. The first-order valence-corrected chi connectivity index (χ1v) is 7.16. The van der Waals surface area contributed by atoms with E-state index in [1.807, 2.05) is 0 Å². The molecule has 0 aliphatic carbocycles. The number of aromatic nitrogens is 3. The fourth-order valence-corrected chi connectivity index (χ4v) is 3.45. The van der Waals surface area contributed by atoms with E-state index in [4.69, 9.17) is 28.9 Å². The van der Waals surface area contributed by atoms with E-state index in [0.717, 1.165) is 0 Å². The van der Waals surface area contributed by atoms with Gasteiger partial charge < -0.3 is 5.73 Å². The summed E-state index contributed by atoms with van der Waals surface area (Å²) < 4.78 is 27.9. The average molecular weight is 322 g/mol. The van der Waals surface area contributed by atoms with Crippen LogP contribution < -0.4 is 10.5 Å². The molecule has 0 amide bonds. The first-order chi connectivity index (χ1) is 8.81. The summed E-state index contributed by atoms with van der Waals surface area (Å²) in [6, 6.07) is 2.60. The highest BCUT2D eigenvalue weighted by molar-refractivity contribution is 7.93. The van der Waals surface area contributed by atoms with Crippen molar-refractivity contribution in [2.24, 2.45) is 7.05 Å². The van der Waals surface area contributed by atoms with Gasteiger partial charge in [-0.2, -0.15) is 10.1 Å². The molecule has 0 aliphatic heterocycles. The Hall–Kier alpha value is -1.51. The van der Waals surface area contributed by atoms with Crippen LogP contribution in [0.5, 0.6) is 0 Å². The van der Waals surface area contributed by atoms with Crippen molar-refractivity contribution < 1.29 is 8.42 Å². The topological polar surface area (TPSA) is 103 Å². The zero-order valence-corrected chi connectivity index (χ0v) is 12.0. The van der Waals surface area contributed by atoms with Gasteiger partial charge in [0.25, 0.3) is 10.0 Å². The predicted octanol–water partition coefficient (Wildman–Crippen LogP) is 1.50. The molecule has 0 saturated heterocycles. The fourth-order valence-electron chi connectivity index (χ4n) is 1.42. The number of halogens is 2. The third-order valence-electron chi connectivity index (χ3n) is 2.24. The lowest BCUT2D eigenvalue weighted by Crippen LogP contribution is -2.18. The number of hydrogen-bond acceptors (Lipinski definition) is 5. The van der Waals surface area contributed by atoms with Gasteiger partial charge in [0.05, 0.1) is 10.7 Å². The molecule has 3 N–H and O–H groups in total. The number of benzene rings is 1. The van der Waals surface area contributed by atoms with Crippen LogP contribution in [-0.4, -0.2) is 23.2 Å². The SMILES string of the molecule is Cn1ncnc1NS(=O)(=O)c1c(N)cc(Cl)cc1Cl. The molecule has 0 fully saturated rings. The maximum absolute atomic E-state index is 12.2. The highest BCUT2D eigenvalue weighted by Crippen LogP contribution is 2.31. The molecule has 102 valence electrons. The molecule has 7 nitrogen and oxygen atoms in total. The first kappa shape index (κ1) is 13.9. The molecule has 2 rings (SSSR count). The van der Waals surface area contributed by atoms with Gasteiger partial charge in [0, 0.05) is 12.1 Å². The highest BCUT2D eigenvalue weighted by Gasteiger charge is 2.23. The van der Waals surface area contributed by atoms with Gasteiger partial charge in [0.2, 0.25) is 5.95 Å². The van der Waals surface area contributed by atoms with Crippen LogP contribution in [0, 0.1) is 0 Å². The largest absolute Gasteiger partial charge is 0.398 e. The minimum absolute atomic E-state index is 0.0467. The quantitative estimate of drug-likeness (QED) is 0.834. The number of rotatable bonds is 3. The van der Waals surface area contributed by atoms with Crippen molar-refractivity contribution in [3.63, 3.8) is 0 Å². The molecule has 1 aromatic heterocycles. The van der Waals surface area contributed by atoms with E-state index in [-0.39, 0.29) is 26.6 Å². The maximum atomic E-state index is 12.2. The van der Waals surface area contributed by atoms with Gasteiger partial charge in [-0.25, -0.2) is 17.8 Å². The monoisotopic (exact) mass is 321 g/mol. The van der Waals surface area contributed by atoms with Crippen molar-refractivity contribution in [2.45, 2.75) is 4.90 Å². The second kappa shape index (κ2) is 4.87. The van der Waals surface area contributed by atoms with Gasteiger partial charge in [-0.1, -0.05) is 23.2 Å². The summed E-state index contributed by atoms with van der Waals surface area (Å²) in [5, 5.41) is 3.93. The second-order valence-electron chi connectivity index (χ2n) is 3.62. The summed E-state index contributed by atoms with van der Waals surface area (Å²) in [5.41, 5.74) is 5.60. The Morgan fingerprint density at radius 3 is 2.58 bits per heavy atom. The average Bonchev–Trinajstić information content (AvgIpc) is 2.61. The number of anilines is 2. The van der Waals surface area contributed by atoms with Crippen molar-refractivity contribution in [1.29, 1.82) is 0 Å². The van der Waals surface area contributed by atoms with Crippen LogP contribution in [0.3, 0.4) is 0 Å². The van der Waals surface area contributed by atoms with Crippen molar-refractivity contribution in [2.75, 3.05) is 10.5 Å². The lowest BCUT2D eigenvalue weighted by molar-refractivity contribution is 0.600. The fraction of sp³-hybridized carbons (Fsp3) is 0.111. The molecule has 0 unspecified atom stereocenters. The zero-order chi connectivity index (χ0) is 14.2. The molecule has 0 radical (unpaired) electrons. The van der Waals surface area contributed by atoms with Gasteiger partial charge in [-0.15, -0.1) is 0 Å². The Bertz CT molecular complexity index is 705. The lowest BCUT2D eigenvalue weighted by Gasteiger charge is -2.11. The van der Waals surface area contributed by atoms with Crippen molar-refractivity contribution in [3.8, 4) is 0 Å². The number of nitrogens with zero attached hydrogens (tertiary/aromatic N) is 3. The molecule has 10 heteroatoms. The molecule has 2 aromatic rings. The van der Waals surface area contributed by atoms with Gasteiger partial charge in [0.1, 0.15) is 11.2 Å². The molecule has 0 atom stereocenters. The Morgan fingerprint density at radius 1 is 1.37 bits per heavy atom. The Kier molecular flexibility index (Phi) is 3.57. The normalized spacial score (nSPS) is 11.5. The molecule has 0 spiro atoms. The minimum atomic E-state index is -3.97. The zero-order valence-electron chi connectivity index (χ0n) is 9.63. The van der Waals surface area contributed by atoms with Crippen LogP contribution in [0.4, 0.5) is 11.6 Å². The Morgan fingerprint density at radius 2 is 2.05 bits per heavy atom. The van der Waals surface area contributed by atoms with E-state index in [9.17, 15) is 8.42 Å². The van der Waals surface area contributed by atoms with Crippen LogP contribution in [0.2, 0.25) is 10.0 Å². The van der Waals surface area contributed by atoms with Crippen molar-refractivity contribution >= 4 is 44.9 Å². The number of nitrogen functional groups attached to an aromatic ring is 1. The van der Waals surface area contributed by atoms with Crippen LogP contribution >= 0.6 is 23.2 Å². The molecule has 0 aliphatic rings. The predicted molar refractivity (Wildman–Crippen MR) is 72.7 cm³/mol. The minimum Gasteiger partial charge on any atom is -0.398 e. The maximum Gasteiger partial charge on any atom is 0.267 e. The van der Waals surface area contributed by atoms with Gasteiger partial charge in [-0.05, 0) is 12.1 Å². The number of hydrogen-bond donors (Lipinski definition) is 2. The van der Waals surface area contributed by atoms with Gasteiger partial charge >= 0.3 is 0 Å².